The SMILES string of the molecule is Cc1noc(C)c1C(=O)N1CCC(c2cnccn2)CC1. The van der Waals surface area contributed by atoms with Gasteiger partial charge in [-0.3, -0.25) is 14.8 Å². The van der Waals surface area contributed by atoms with Gasteiger partial charge in [0.1, 0.15) is 11.3 Å². The lowest BCUT2D eigenvalue weighted by molar-refractivity contribution is 0.0709. The maximum Gasteiger partial charge on any atom is 0.259 e. The summed E-state index contributed by atoms with van der Waals surface area (Å²) >= 11 is 0. The molecule has 1 amide bonds. The highest BCUT2D eigenvalue weighted by molar-refractivity contribution is 5.96. The Morgan fingerprint density at radius 3 is 2.62 bits per heavy atom. The quantitative estimate of drug-likeness (QED) is 0.845. The largest absolute Gasteiger partial charge is 0.361 e. The Kier molecular flexibility index (Phi) is 3.68. The Hall–Kier alpha value is -2.24. The van der Waals surface area contributed by atoms with Gasteiger partial charge < -0.3 is 9.42 Å². The van der Waals surface area contributed by atoms with Gasteiger partial charge in [-0.2, -0.15) is 0 Å². The minimum absolute atomic E-state index is 0.0174. The molecule has 0 bridgehead atoms. The second-order valence-corrected chi connectivity index (χ2v) is 5.40. The topological polar surface area (TPSA) is 72.1 Å². The summed E-state index contributed by atoms with van der Waals surface area (Å²) in [5.74, 6) is 0.991. The lowest BCUT2D eigenvalue weighted by atomic mass is 9.93. The van der Waals surface area contributed by atoms with Crippen molar-refractivity contribution in [2.24, 2.45) is 0 Å². The van der Waals surface area contributed by atoms with Crippen LogP contribution in [0.5, 0.6) is 0 Å². The van der Waals surface area contributed by atoms with Crippen LogP contribution in [0.25, 0.3) is 0 Å². The van der Waals surface area contributed by atoms with Gasteiger partial charge in [-0.15, -0.1) is 0 Å². The van der Waals surface area contributed by atoms with Gasteiger partial charge in [-0.25, -0.2) is 0 Å². The van der Waals surface area contributed by atoms with E-state index in [4.69, 9.17) is 4.52 Å². The van der Waals surface area contributed by atoms with E-state index in [1.807, 2.05) is 11.1 Å². The van der Waals surface area contributed by atoms with Gasteiger partial charge in [0.25, 0.3) is 5.91 Å². The summed E-state index contributed by atoms with van der Waals surface area (Å²) in [4.78, 5) is 22.9. The number of aromatic nitrogens is 3. The van der Waals surface area contributed by atoms with Crippen molar-refractivity contribution in [3.05, 3.63) is 41.3 Å². The number of aryl methyl sites for hydroxylation is 2. The zero-order valence-electron chi connectivity index (χ0n) is 12.2. The first-order valence-corrected chi connectivity index (χ1v) is 7.15. The zero-order chi connectivity index (χ0) is 14.8. The Morgan fingerprint density at radius 2 is 2.05 bits per heavy atom. The van der Waals surface area contributed by atoms with Crippen LogP contribution in [0.2, 0.25) is 0 Å². The first kappa shape index (κ1) is 13.7. The molecule has 1 aliphatic heterocycles. The molecule has 0 atom stereocenters. The van der Waals surface area contributed by atoms with Crippen LogP contribution in [-0.4, -0.2) is 39.0 Å². The van der Waals surface area contributed by atoms with E-state index in [1.165, 1.54) is 0 Å². The van der Waals surface area contributed by atoms with E-state index < -0.39 is 0 Å². The summed E-state index contributed by atoms with van der Waals surface area (Å²) in [6.45, 7) is 5.03. The second-order valence-electron chi connectivity index (χ2n) is 5.40. The van der Waals surface area contributed by atoms with Gasteiger partial charge >= 0.3 is 0 Å². The zero-order valence-corrected chi connectivity index (χ0v) is 12.2. The number of amides is 1. The first-order valence-electron chi connectivity index (χ1n) is 7.15. The maximum absolute atomic E-state index is 12.5. The molecule has 0 N–H and O–H groups in total. The number of carbonyl (C=O) groups is 1. The normalized spacial score (nSPS) is 16.2. The molecule has 0 radical (unpaired) electrons. The van der Waals surface area contributed by atoms with Crippen LogP contribution in [-0.2, 0) is 0 Å². The Labute approximate surface area is 123 Å². The van der Waals surface area contributed by atoms with Crippen molar-refractivity contribution in [1.82, 2.24) is 20.0 Å². The number of carbonyl (C=O) groups excluding carboxylic acids is 1. The van der Waals surface area contributed by atoms with E-state index >= 15 is 0 Å². The van der Waals surface area contributed by atoms with Crippen molar-refractivity contribution in [2.45, 2.75) is 32.6 Å². The summed E-state index contributed by atoms with van der Waals surface area (Å²) < 4.78 is 5.08. The maximum atomic E-state index is 12.5. The fourth-order valence-electron chi connectivity index (χ4n) is 2.85. The van der Waals surface area contributed by atoms with Crippen LogP contribution in [0.1, 0.15) is 46.3 Å². The summed E-state index contributed by atoms with van der Waals surface area (Å²) in [6, 6.07) is 0. The Morgan fingerprint density at radius 1 is 1.29 bits per heavy atom. The van der Waals surface area contributed by atoms with Crippen LogP contribution >= 0.6 is 0 Å². The van der Waals surface area contributed by atoms with Crippen molar-refractivity contribution in [3.63, 3.8) is 0 Å². The third kappa shape index (κ3) is 2.66. The third-order valence-electron chi connectivity index (χ3n) is 4.03. The number of hydrogen-bond acceptors (Lipinski definition) is 5. The molecular weight excluding hydrogens is 268 g/mol. The molecule has 0 spiro atoms. The number of piperidine rings is 1. The number of nitrogens with zero attached hydrogens (tertiary/aromatic N) is 4. The number of likely N-dealkylation sites (tertiary alicyclic amines) is 1. The van der Waals surface area contributed by atoms with E-state index in [-0.39, 0.29) is 5.91 Å². The van der Waals surface area contributed by atoms with Crippen LogP contribution in [0.15, 0.2) is 23.1 Å². The van der Waals surface area contributed by atoms with Gasteiger partial charge in [0.2, 0.25) is 0 Å². The van der Waals surface area contributed by atoms with Crippen molar-refractivity contribution in [3.8, 4) is 0 Å². The predicted octanol–water partition coefficient (Wildman–Crippen LogP) is 2.10. The molecule has 0 unspecified atom stereocenters. The molecule has 1 fully saturated rings. The third-order valence-corrected chi connectivity index (χ3v) is 4.03. The summed E-state index contributed by atoms with van der Waals surface area (Å²) in [5.41, 5.74) is 2.28. The smallest absolute Gasteiger partial charge is 0.259 e. The molecule has 1 aliphatic rings. The molecule has 2 aromatic rings. The summed E-state index contributed by atoms with van der Waals surface area (Å²) in [7, 11) is 0. The molecule has 3 rings (SSSR count). The highest BCUT2D eigenvalue weighted by Crippen LogP contribution is 2.27. The van der Waals surface area contributed by atoms with Crippen LogP contribution in [0.4, 0.5) is 0 Å². The highest BCUT2D eigenvalue weighted by Gasteiger charge is 2.28. The number of hydrogen-bond donors (Lipinski definition) is 0. The van der Waals surface area contributed by atoms with Crippen molar-refractivity contribution in [2.75, 3.05) is 13.1 Å². The molecule has 6 heteroatoms. The average Bonchev–Trinajstić information content (AvgIpc) is 2.87. The first-order chi connectivity index (χ1) is 10.2. The van der Waals surface area contributed by atoms with Crippen LogP contribution in [0, 0.1) is 13.8 Å². The van der Waals surface area contributed by atoms with Crippen molar-refractivity contribution in [1.29, 1.82) is 0 Å². The molecule has 21 heavy (non-hydrogen) atoms. The second kappa shape index (κ2) is 5.63. The molecule has 3 heterocycles. The van der Waals surface area contributed by atoms with E-state index in [9.17, 15) is 4.79 Å². The Bertz CT molecular complexity index is 611. The van der Waals surface area contributed by atoms with Gasteiger partial charge in [-0.05, 0) is 26.7 Å². The van der Waals surface area contributed by atoms with Crippen molar-refractivity contribution >= 4 is 5.91 Å². The van der Waals surface area contributed by atoms with E-state index in [1.54, 1.807) is 26.2 Å². The summed E-state index contributed by atoms with van der Waals surface area (Å²) in [6.07, 6.45) is 7.04. The fraction of sp³-hybridized carbons (Fsp3) is 0.467. The summed E-state index contributed by atoms with van der Waals surface area (Å²) in [5, 5.41) is 3.85. The molecule has 0 aliphatic carbocycles. The molecular formula is C15H18N4O2. The van der Waals surface area contributed by atoms with Gasteiger partial charge in [-0.1, -0.05) is 5.16 Å². The minimum atomic E-state index is 0.0174. The van der Waals surface area contributed by atoms with Gasteiger partial charge in [0, 0.05) is 37.6 Å². The van der Waals surface area contributed by atoms with E-state index in [0.29, 0.717) is 22.9 Å². The molecule has 0 aromatic carbocycles. The predicted molar refractivity (Wildman–Crippen MR) is 75.9 cm³/mol. The van der Waals surface area contributed by atoms with E-state index in [2.05, 4.69) is 15.1 Å². The molecule has 2 aromatic heterocycles. The molecule has 110 valence electrons. The minimum Gasteiger partial charge on any atom is -0.361 e. The Balaban J connectivity index is 1.68. The highest BCUT2D eigenvalue weighted by atomic mass is 16.5. The van der Waals surface area contributed by atoms with E-state index in [0.717, 1.165) is 31.6 Å². The average molecular weight is 286 g/mol. The van der Waals surface area contributed by atoms with Crippen LogP contribution < -0.4 is 0 Å². The monoisotopic (exact) mass is 286 g/mol. The van der Waals surface area contributed by atoms with Gasteiger partial charge in [0.15, 0.2) is 0 Å². The molecule has 1 saturated heterocycles. The number of rotatable bonds is 2. The lowest BCUT2D eigenvalue weighted by Gasteiger charge is -2.31. The molecule has 0 saturated carbocycles. The van der Waals surface area contributed by atoms with Crippen molar-refractivity contribution < 1.29 is 9.32 Å². The molecule has 6 nitrogen and oxygen atoms in total. The van der Waals surface area contributed by atoms with Gasteiger partial charge in [0.05, 0.1) is 11.4 Å². The lowest BCUT2D eigenvalue weighted by Crippen LogP contribution is -2.38. The van der Waals surface area contributed by atoms with Crippen LogP contribution in [0.3, 0.4) is 0 Å². The standard InChI is InChI=1S/C15H18N4O2/c1-10-14(11(2)21-18-10)15(20)19-7-3-12(4-8-19)13-9-16-5-6-17-13/h5-6,9,12H,3-4,7-8H2,1-2H3. The fourth-order valence-corrected chi connectivity index (χ4v) is 2.85.